The summed E-state index contributed by atoms with van der Waals surface area (Å²) in [5, 5.41) is 16.3. The molecular formula is C20H15BrF3N3O3. The average Bonchev–Trinajstić information content (AvgIpc) is 3.08. The molecule has 2 aromatic heterocycles. The zero-order chi connectivity index (χ0) is 21.6. The minimum atomic E-state index is -0.847. The number of aromatic hydroxyl groups is 1. The molecule has 0 spiro atoms. The van der Waals surface area contributed by atoms with Gasteiger partial charge in [0.2, 0.25) is 0 Å². The van der Waals surface area contributed by atoms with Crippen LogP contribution in [0.4, 0.5) is 13.2 Å². The molecular weight excluding hydrogens is 467 g/mol. The van der Waals surface area contributed by atoms with Crippen molar-refractivity contribution >= 4 is 37.7 Å². The predicted molar refractivity (Wildman–Crippen MR) is 108 cm³/mol. The second-order valence-electron chi connectivity index (χ2n) is 6.54. The van der Waals surface area contributed by atoms with Gasteiger partial charge in [-0.1, -0.05) is 0 Å². The molecule has 156 valence electrons. The first-order chi connectivity index (χ1) is 14.3. The van der Waals surface area contributed by atoms with E-state index in [1.54, 1.807) is 6.92 Å². The van der Waals surface area contributed by atoms with Gasteiger partial charge in [0.05, 0.1) is 27.9 Å². The van der Waals surface area contributed by atoms with Crippen molar-refractivity contribution in [3.05, 3.63) is 45.8 Å². The van der Waals surface area contributed by atoms with Gasteiger partial charge in [-0.25, -0.2) is 18.2 Å². The van der Waals surface area contributed by atoms with Crippen molar-refractivity contribution in [2.75, 3.05) is 20.3 Å². The van der Waals surface area contributed by atoms with Crippen LogP contribution in [0.25, 0.3) is 33.1 Å². The highest BCUT2D eigenvalue weighted by atomic mass is 79.9. The molecule has 0 fully saturated rings. The van der Waals surface area contributed by atoms with E-state index >= 15 is 8.78 Å². The third kappa shape index (κ3) is 3.25. The number of H-pyrrole nitrogens is 1. The number of hydrogen-bond acceptors (Lipinski definition) is 5. The second-order valence-corrected chi connectivity index (χ2v) is 7.39. The van der Waals surface area contributed by atoms with Gasteiger partial charge in [0, 0.05) is 35.6 Å². The van der Waals surface area contributed by atoms with Gasteiger partial charge in [-0.05, 0) is 28.9 Å². The molecule has 0 saturated carbocycles. The summed E-state index contributed by atoms with van der Waals surface area (Å²) in [6.07, 6.45) is 0. The molecule has 2 heterocycles. The second kappa shape index (κ2) is 7.77. The van der Waals surface area contributed by atoms with Crippen molar-refractivity contribution in [2.24, 2.45) is 0 Å². The van der Waals surface area contributed by atoms with Gasteiger partial charge in [-0.15, -0.1) is 0 Å². The molecule has 0 amide bonds. The topological polar surface area (TPSA) is 80.3 Å². The van der Waals surface area contributed by atoms with E-state index in [0.717, 1.165) is 12.1 Å². The Morgan fingerprint density at radius 3 is 2.57 bits per heavy atom. The summed E-state index contributed by atoms with van der Waals surface area (Å²) in [5.41, 5.74) is 0.295. The number of pyridine rings is 1. The Labute approximate surface area is 176 Å². The van der Waals surface area contributed by atoms with Crippen LogP contribution in [0.1, 0.15) is 5.69 Å². The number of phenolic OH excluding ortho intramolecular Hbond substituents is 1. The van der Waals surface area contributed by atoms with E-state index in [1.165, 1.54) is 13.2 Å². The molecule has 0 unspecified atom stereocenters. The Bertz CT molecular complexity index is 1290. The van der Waals surface area contributed by atoms with Crippen LogP contribution in [0, 0.1) is 24.4 Å². The van der Waals surface area contributed by atoms with Gasteiger partial charge in [0.1, 0.15) is 24.0 Å². The number of nitrogens with one attached hydrogen (secondary N) is 1. The number of rotatable bonds is 5. The van der Waals surface area contributed by atoms with Gasteiger partial charge in [0.25, 0.3) is 0 Å². The molecule has 0 saturated heterocycles. The van der Waals surface area contributed by atoms with E-state index in [-0.39, 0.29) is 62.2 Å². The number of halogens is 4. The van der Waals surface area contributed by atoms with Crippen molar-refractivity contribution in [1.82, 2.24) is 15.2 Å². The minimum Gasteiger partial charge on any atom is -0.507 e. The van der Waals surface area contributed by atoms with Crippen LogP contribution >= 0.6 is 15.9 Å². The van der Waals surface area contributed by atoms with Crippen LogP contribution in [-0.2, 0) is 4.74 Å². The standard InChI is InChI=1S/C20H15BrF3N3O3/c1-8-15-17-16(12(23)7-14(18(17)24)30-4-3-29-2)19(25-20(15)27-26-8)9-5-10(21)13(28)6-11(9)22/h5-7,28H,3-4H2,1-2H3,(H,25,26,27). The van der Waals surface area contributed by atoms with E-state index in [1.807, 2.05) is 0 Å². The van der Waals surface area contributed by atoms with Gasteiger partial charge in [-0.3, -0.25) is 5.10 Å². The molecule has 0 aliphatic heterocycles. The Kier molecular flexibility index (Phi) is 5.29. The van der Waals surface area contributed by atoms with E-state index in [2.05, 4.69) is 31.1 Å². The first-order valence-corrected chi connectivity index (χ1v) is 9.59. The average molecular weight is 482 g/mol. The summed E-state index contributed by atoms with van der Waals surface area (Å²) < 4.78 is 55.7. The maximum absolute atomic E-state index is 15.5. The highest BCUT2D eigenvalue weighted by Crippen LogP contribution is 2.41. The first kappa shape index (κ1) is 20.4. The van der Waals surface area contributed by atoms with E-state index in [4.69, 9.17) is 9.47 Å². The molecule has 2 N–H and O–H groups in total. The van der Waals surface area contributed by atoms with Crippen molar-refractivity contribution in [3.63, 3.8) is 0 Å². The van der Waals surface area contributed by atoms with Crippen molar-refractivity contribution in [3.8, 4) is 22.8 Å². The van der Waals surface area contributed by atoms with Crippen LogP contribution in [0.5, 0.6) is 11.5 Å². The van der Waals surface area contributed by atoms with E-state index in [0.29, 0.717) is 5.69 Å². The van der Waals surface area contributed by atoms with Crippen molar-refractivity contribution < 1.29 is 27.8 Å². The fourth-order valence-electron chi connectivity index (χ4n) is 3.29. The van der Waals surface area contributed by atoms with E-state index < -0.39 is 17.5 Å². The zero-order valence-electron chi connectivity index (χ0n) is 15.8. The molecule has 10 heteroatoms. The number of aromatic nitrogens is 3. The lowest BCUT2D eigenvalue weighted by molar-refractivity contribution is 0.144. The third-order valence-electron chi connectivity index (χ3n) is 4.66. The maximum atomic E-state index is 15.5. The molecule has 0 atom stereocenters. The minimum absolute atomic E-state index is 0.0172. The molecule has 0 radical (unpaired) electrons. The number of phenols is 1. The highest BCUT2D eigenvalue weighted by molar-refractivity contribution is 9.10. The molecule has 0 bridgehead atoms. The van der Waals surface area contributed by atoms with Crippen molar-refractivity contribution in [2.45, 2.75) is 6.92 Å². The normalized spacial score (nSPS) is 11.5. The lowest BCUT2D eigenvalue weighted by Crippen LogP contribution is -2.07. The Hall–Kier alpha value is -2.85. The summed E-state index contributed by atoms with van der Waals surface area (Å²) in [7, 11) is 1.46. The van der Waals surface area contributed by atoms with E-state index in [9.17, 15) is 9.50 Å². The lowest BCUT2D eigenvalue weighted by Gasteiger charge is -2.14. The van der Waals surface area contributed by atoms with Crippen LogP contribution in [0.2, 0.25) is 0 Å². The number of nitrogens with zero attached hydrogens (tertiary/aromatic N) is 2. The number of hydrogen-bond donors (Lipinski definition) is 2. The summed E-state index contributed by atoms with van der Waals surface area (Å²) in [5.74, 6) is -3.14. The van der Waals surface area contributed by atoms with Crippen molar-refractivity contribution in [1.29, 1.82) is 0 Å². The number of benzene rings is 2. The molecule has 30 heavy (non-hydrogen) atoms. The molecule has 0 aliphatic rings. The summed E-state index contributed by atoms with van der Waals surface area (Å²) >= 11 is 3.11. The molecule has 0 aliphatic carbocycles. The number of aryl methyl sites for hydroxylation is 1. The summed E-state index contributed by atoms with van der Waals surface area (Å²) in [6, 6.07) is 3.01. The number of fused-ring (bicyclic) bond motifs is 3. The monoisotopic (exact) mass is 481 g/mol. The number of methoxy groups -OCH3 is 1. The number of ether oxygens (including phenoxy) is 2. The summed E-state index contributed by atoms with van der Waals surface area (Å²) in [6.45, 7) is 1.82. The zero-order valence-corrected chi connectivity index (χ0v) is 17.4. The Morgan fingerprint density at radius 2 is 1.83 bits per heavy atom. The Balaban J connectivity index is 2.10. The maximum Gasteiger partial charge on any atom is 0.173 e. The van der Waals surface area contributed by atoms with Crippen LogP contribution in [0.15, 0.2) is 22.7 Å². The molecule has 4 rings (SSSR count). The lowest BCUT2D eigenvalue weighted by atomic mass is 9.99. The smallest absolute Gasteiger partial charge is 0.173 e. The van der Waals surface area contributed by atoms with Gasteiger partial charge in [0.15, 0.2) is 17.2 Å². The van der Waals surface area contributed by atoms with Crippen LogP contribution < -0.4 is 4.74 Å². The molecule has 4 aromatic rings. The molecule has 2 aromatic carbocycles. The molecule has 6 nitrogen and oxygen atoms in total. The van der Waals surface area contributed by atoms with Gasteiger partial charge < -0.3 is 14.6 Å². The summed E-state index contributed by atoms with van der Waals surface area (Å²) in [4.78, 5) is 4.31. The van der Waals surface area contributed by atoms with Gasteiger partial charge in [-0.2, -0.15) is 5.10 Å². The van der Waals surface area contributed by atoms with Crippen LogP contribution in [-0.4, -0.2) is 40.6 Å². The first-order valence-electron chi connectivity index (χ1n) is 8.80. The number of aromatic amines is 1. The fraction of sp³-hybridized carbons (Fsp3) is 0.200. The Morgan fingerprint density at radius 1 is 1.07 bits per heavy atom. The fourth-order valence-corrected chi connectivity index (χ4v) is 3.63. The van der Waals surface area contributed by atoms with Gasteiger partial charge >= 0.3 is 0 Å². The SMILES string of the molecule is COCCOc1cc(F)c2c(-c3cc(Br)c(O)cc3F)nc3[nH]nc(C)c3c2c1F. The predicted octanol–water partition coefficient (Wildman–Crippen LogP) is 5.00. The quantitative estimate of drug-likeness (QED) is 0.392. The third-order valence-corrected chi connectivity index (χ3v) is 5.29. The highest BCUT2D eigenvalue weighted by Gasteiger charge is 2.25. The van der Waals surface area contributed by atoms with Crippen LogP contribution in [0.3, 0.4) is 0 Å². The largest absolute Gasteiger partial charge is 0.507 e.